The minimum atomic E-state index is -0.823. The third-order valence-electron chi connectivity index (χ3n) is 2.77. The molecule has 0 fully saturated rings. The van der Waals surface area contributed by atoms with Crippen LogP contribution in [0.3, 0.4) is 0 Å². The molecule has 0 saturated carbocycles. The molecule has 0 spiro atoms. The molecule has 20 heavy (non-hydrogen) atoms. The number of aliphatic carboxylic acids is 1. The fourth-order valence-electron chi connectivity index (χ4n) is 1.83. The molecule has 0 radical (unpaired) electrons. The Kier molecular flexibility index (Phi) is 5.28. The number of fused-ring (bicyclic) bond motifs is 1. The molecule has 108 valence electrons. The number of carboxylic acids is 1. The van der Waals surface area contributed by atoms with Gasteiger partial charge in [-0.25, -0.2) is 4.98 Å². The van der Waals surface area contributed by atoms with E-state index >= 15 is 0 Å². The molecule has 0 saturated heterocycles. The number of aromatic nitrogens is 2. The number of carboxylic acid groups (broad SMARTS) is 1. The van der Waals surface area contributed by atoms with E-state index < -0.39 is 5.97 Å². The van der Waals surface area contributed by atoms with Crippen LogP contribution in [0, 0.1) is 3.57 Å². The average Bonchev–Trinajstić information content (AvgIpc) is 2.70. The van der Waals surface area contributed by atoms with Gasteiger partial charge in [-0.15, -0.1) is 0 Å². The summed E-state index contributed by atoms with van der Waals surface area (Å²) in [4.78, 5) is 17.4. The van der Waals surface area contributed by atoms with Gasteiger partial charge in [0, 0.05) is 16.7 Å². The summed E-state index contributed by atoms with van der Waals surface area (Å²) in [6.07, 6.45) is 0. The first-order valence-electron chi connectivity index (χ1n) is 6.12. The van der Waals surface area contributed by atoms with Crippen molar-refractivity contribution < 1.29 is 9.90 Å². The van der Waals surface area contributed by atoms with Crippen LogP contribution in [0.5, 0.6) is 0 Å². The van der Waals surface area contributed by atoms with Gasteiger partial charge in [-0.3, -0.25) is 4.79 Å². The third kappa shape index (κ3) is 3.86. The third-order valence-corrected chi connectivity index (χ3v) is 4.40. The summed E-state index contributed by atoms with van der Waals surface area (Å²) < 4.78 is 3.22. The van der Waals surface area contributed by atoms with E-state index in [-0.39, 0.29) is 5.75 Å². The molecule has 1 aromatic heterocycles. The fourth-order valence-corrected chi connectivity index (χ4v) is 3.07. The summed E-state index contributed by atoms with van der Waals surface area (Å²) in [7, 11) is 4.04. The van der Waals surface area contributed by atoms with E-state index in [2.05, 4.69) is 37.0 Å². The number of nitrogens with zero attached hydrogens (tertiary/aromatic N) is 3. The first kappa shape index (κ1) is 15.6. The lowest BCUT2D eigenvalue weighted by Gasteiger charge is -2.12. The van der Waals surface area contributed by atoms with Gasteiger partial charge in [-0.05, 0) is 54.9 Å². The highest BCUT2D eigenvalue weighted by Gasteiger charge is 2.13. The van der Waals surface area contributed by atoms with Crippen molar-refractivity contribution in [2.24, 2.45) is 0 Å². The van der Waals surface area contributed by atoms with Crippen LogP contribution in [-0.4, -0.2) is 51.9 Å². The van der Waals surface area contributed by atoms with Crippen molar-refractivity contribution in [1.29, 1.82) is 0 Å². The number of thioether (sulfide) groups is 1. The molecule has 0 amide bonds. The Morgan fingerprint density at radius 2 is 2.25 bits per heavy atom. The molecule has 2 rings (SSSR count). The average molecular weight is 405 g/mol. The van der Waals surface area contributed by atoms with Gasteiger partial charge >= 0.3 is 5.97 Å². The zero-order valence-electron chi connectivity index (χ0n) is 11.3. The molecule has 0 bridgehead atoms. The zero-order chi connectivity index (χ0) is 14.7. The summed E-state index contributed by atoms with van der Waals surface area (Å²) >= 11 is 3.52. The Morgan fingerprint density at radius 3 is 2.90 bits per heavy atom. The van der Waals surface area contributed by atoms with Crippen molar-refractivity contribution in [2.45, 2.75) is 11.7 Å². The van der Waals surface area contributed by atoms with Gasteiger partial charge in [0.1, 0.15) is 0 Å². The smallest absolute Gasteiger partial charge is 0.313 e. The number of rotatable bonds is 6. The summed E-state index contributed by atoms with van der Waals surface area (Å²) in [5.41, 5.74) is 1.98. The van der Waals surface area contributed by atoms with E-state index in [1.165, 1.54) is 11.8 Å². The molecule has 1 aromatic carbocycles. The minimum Gasteiger partial charge on any atom is -0.481 e. The quantitative estimate of drug-likeness (QED) is 0.591. The summed E-state index contributed by atoms with van der Waals surface area (Å²) in [6.45, 7) is 1.68. The lowest BCUT2D eigenvalue weighted by Crippen LogP contribution is -2.19. The van der Waals surface area contributed by atoms with Gasteiger partial charge in [0.05, 0.1) is 16.8 Å². The predicted molar refractivity (Wildman–Crippen MR) is 89.4 cm³/mol. The second kappa shape index (κ2) is 6.77. The number of halogens is 1. The van der Waals surface area contributed by atoms with Crippen molar-refractivity contribution in [2.75, 3.05) is 26.4 Å². The molecule has 5 nitrogen and oxygen atoms in total. The fraction of sp³-hybridized carbons (Fsp3) is 0.385. The molecule has 0 aliphatic heterocycles. The van der Waals surface area contributed by atoms with Crippen LogP contribution in [0.2, 0.25) is 0 Å². The number of hydrogen-bond acceptors (Lipinski definition) is 4. The number of imidazole rings is 1. The molecule has 0 aliphatic carbocycles. The predicted octanol–water partition coefficient (Wildman–Crippen LogP) is 2.38. The molecule has 0 unspecified atom stereocenters. The largest absolute Gasteiger partial charge is 0.481 e. The maximum atomic E-state index is 10.8. The van der Waals surface area contributed by atoms with Gasteiger partial charge in [-0.2, -0.15) is 0 Å². The Bertz CT molecular complexity index is 627. The second-order valence-corrected chi connectivity index (χ2v) is 6.85. The number of hydrogen-bond donors (Lipinski definition) is 1. The normalized spacial score (nSPS) is 11.4. The maximum absolute atomic E-state index is 10.8. The Morgan fingerprint density at radius 1 is 1.50 bits per heavy atom. The summed E-state index contributed by atoms with van der Waals surface area (Å²) in [6, 6.07) is 6.11. The van der Waals surface area contributed by atoms with Crippen molar-refractivity contribution >= 4 is 51.4 Å². The van der Waals surface area contributed by atoms with E-state index in [0.29, 0.717) is 0 Å². The van der Waals surface area contributed by atoms with Crippen LogP contribution in [-0.2, 0) is 11.3 Å². The Hall–Kier alpha value is -0.800. The first-order valence-corrected chi connectivity index (χ1v) is 8.19. The van der Waals surface area contributed by atoms with Crippen LogP contribution >= 0.6 is 34.4 Å². The second-order valence-electron chi connectivity index (χ2n) is 4.66. The highest BCUT2D eigenvalue weighted by Crippen LogP contribution is 2.25. The van der Waals surface area contributed by atoms with E-state index in [1.807, 2.05) is 32.3 Å². The van der Waals surface area contributed by atoms with Gasteiger partial charge in [-0.1, -0.05) is 11.8 Å². The first-order chi connectivity index (χ1) is 9.47. The molecular weight excluding hydrogens is 389 g/mol. The van der Waals surface area contributed by atoms with Crippen molar-refractivity contribution in [1.82, 2.24) is 14.5 Å². The molecule has 7 heteroatoms. The van der Waals surface area contributed by atoms with Gasteiger partial charge < -0.3 is 14.6 Å². The molecule has 0 atom stereocenters. The Balaban J connectivity index is 2.36. The number of benzene rings is 1. The molecule has 1 N–H and O–H groups in total. The lowest BCUT2D eigenvalue weighted by molar-refractivity contribution is -0.133. The SMILES string of the molecule is CN(C)CCn1c(SCC(=O)O)nc2cc(I)ccc21. The van der Waals surface area contributed by atoms with Crippen molar-refractivity contribution in [3.05, 3.63) is 21.8 Å². The van der Waals surface area contributed by atoms with Crippen LogP contribution < -0.4 is 0 Å². The van der Waals surface area contributed by atoms with Crippen LogP contribution in [0.1, 0.15) is 0 Å². The van der Waals surface area contributed by atoms with Crippen molar-refractivity contribution in [3.8, 4) is 0 Å². The van der Waals surface area contributed by atoms with E-state index in [0.717, 1.165) is 32.8 Å². The minimum absolute atomic E-state index is 0.0301. The van der Waals surface area contributed by atoms with Crippen LogP contribution in [0.15, 0.2) is 23.4 Å². The van der Waals surface area contributed by atoms with Crippen molar-refractivity contribution in [3.63, 3.8) is 0 Å². The summed E-state index contributed by atoms with van der Waals surface area (Å²) in [5, 5.41) is 9.61. The van der Waals surface area contributed by atoms with E-state index in [4.69, 9.17) is 5.11 Å². The monoisotopic (exact) mass is 405 g/mol. The lowest BCUT2D eigenvalue weighted by atomic mass is 10.3. The van der Waals surface area contributed by atoms with Crippen LogP contribution in [0.4, 0.5) is 0 Å². The van der Waals surface area contributed by atoms with Gasteiger partial charge in [0.15, 0.2) is 5.16 Å². The maximum Gasteiger partial charge on any atom is 0.313 e. The van der Waals surface area contributed by atoms with E-state index in [9.17, 15) is 4.79 Å². The summed E-state index contributed by atoms with van der Waals surface area (Å²) in [5.74, 6) is -0.793. The molecule has 0 aliphatic rings. The highest BCUT2D eigenvalue weighted by molar-refractivity contribution is 14.1. The number of carbonyl (C=O) groups is 1. The topological polar surface area (TPSA) is 58.4 Å². The molecule has 2 aromatic rings. The number of likely N-dealkylation sites (N-methyl/N-ethyl adjacent to an activating group) is 1. The highest BCUT2D eigenvalue weighted by atomic mass is 127. The van der Waals surface area contributed by atoms with Crippen LogP contribution in [0.25, 0.3) is 11.0 Å². The zero-order valence-corrected chi connectivity index (χ0v) is 14.3. The Labute approximate surface area is 135 Å². The van der Waals surface area contributed by atoms with Gasteiger partial charge in [0.2, 0.25) is 0 Å². The standard InChI is InChI=1S/C13H16IN3O2S/c1-16(2)5-6-17-11-4-3-9(14)7-10(11)15-13(17)20-8-12(18)19/h3-4,7H,5-6,8H2,1-2H3,(H,18,19). The van der Waals surface area contributed by atoms with Gasteiger partial charge in [0.25, 0.3) is 0 Å². The molecular formula is C13H16IN3O2S. The van der Waals surface area contributed by atoms with E-state index in [1.54, 1.807) is 0 Å². The molecule has 1 heterocycles.